The van der Waals surface area contributed by atoms with E-state index in [1.165, 1.54) is 63.4 Å². The first kappa shape index (κ1) is 22.1. The molecule has 1 aliphatic carbocycles. The van der Waals surface area contributed by atoms with Gasteiger partial charge in [-0.3, -0.25) is 0 Å². The third kappa shape index (κ3) is 6.69. The molecule has 0 N–H and O–H groups in total. The number of unbranched alkanes of at least 4 members (excludes halogenated alkanes) is 2. The number of hydrogen-bond donors (Lipinski definition) is 0. The third-order valence-electron chi connectivity index (χ3n) is 6.87. The fourth-order valence-electron chi connectivity index (χ4n) is 4.97. The zero-order valence-electron chi connectivity index (χ0n) is 18.6. The second-order valence-electron chi connectivity index (χ2n) is 9.18. The Morgan fingerprint density at radius 2 is 1.38 bits per heavy atom. The van der Waals surface area contributed by atoms with Crippen LogP contribution in [0.15, 0.2) is 42.5 Å². The van der Waals surface area contributed by atoms with E-state index in [1.54, 1.807) is 6.07 Å². The van der Waals surface area contributed by atoms with Gasteiger partial charge in [-0.1, -0.05) is 102 Å². The average Bonchev–Trinajstić information content (AvgIpc) is 2.74. The quantitative estimate of drug-likeness (QED) is 0.353. The average molecular weight is 395 g/mol. The van der Waals surface area contributed by atoms with Crippen LogP contribution in [0.5, 0.6) is 0 Å². The predicted molar refractivity (Wildman–Crippen MR) is 124 cm³/mol. The lowest BCUT2D eigenvalue weighted by Gasteiger charge is -2.28. The van der Waals surface area contributed by atoms with E-state index >= 15 is 0 Å². The molecule has 0 amide bonds. The zero-order valence-corrected chi connectivity index (χ0v) is 18.6. The summed E-state index contributed by atoms with van der Waals surface area (Å²) in [6.07, 6.45) is 15.5. The molecule has 29 heavy (non-hydrogen) atoms. The summed E-state index contributed by atoms with van der Waals surface area (Å²) in [7, 11) is 0. The summed E-state index contributed by atoms with van der Waals surface area (Å²) in [5.41, 5.74) is 4.22. The van der Waals surface area contributed by atoms with Gasteiger partial charge in [0.1, 0.15) is 5.82 Å². The van der Waals surface area contributed by atoms with Gasteiger partial charge in [-0.15, -0.1) is 0 Å². The number of hydrogen-bond acceptors (Lipinski definition) is 0. The van der Waals surface area contributed by atoms with Crippen LogP contribution in [0.1, 0.15) is 89.2 Å². The fourth-order valence-corrected chi connectivity index (χ4v) is 4.97. The standard InChI is InChI=1S/C28H39F/c1-3-5-6-8-25-17-20-27(28(29)21-25)26-18-15-24(16-19-26)14-13-23-11-9-22(7-4-2)10-12-23/h15-23H,3-14H2,1-2H3. The highest BCUT2D eigenvalue weighted by Crippen LogP contribution is 2.34. The molecule has 0 aromatic heterocycles. The van der Waals surface area contributed by atoms with Crippen LogP contribution in [0.3, 0.4) is 0 Å². The monoisotopic (exact) mass is 394 g/mol. The molecule has 0 radical (unpaired) electrons. The first-order chi connectivity index (χ1) is 14.2. The van der Waals surface area contributed by atoms with Crippen molar-refractivity contribution < 1.29 is 4.39 Å². The predicted octanol–water partition coefficient (Wildman–Crippen LogP) is 8.76. The molecule has 158 valence electrons. The zero-order chi connectivity index (χ0) is 20.5. The summed E-state index contributed by atoms with van der Waals surface area (Å²) < 4.78 is 14.6. The molecule has 0 atom stereocenters. The summed E-state index contributed by atoms with van der Waals surface area (Å²) >= 11 is 0. The Balaban J connectivity index is 1.51. The van der Waals surface area contributed by atoms with Gasteiger partial charge in [0.15, 0.2) is 0 Å². The number of rotatable bonds is 10. The summed E-state index contributed by atoms with van der Waals surface area (Å²) in [6, 6.07) is 14.4. The van der Waals surface area contributed by atoms with Crippen molar-refractivity contribution in [2.45, 2.75) is 90.9 Å². The molecule has 0 nitrogen and oxygen atoms in total. The van der Waals surface area contributed by atoms with Crippen molar-refractivity contribution >= 4 is 0 Å². The normalized spacial score (nSPS) is 19.4. The van der Waals surface area contributed by atoms with Gasteiger partial charge in [-0.2, -0.15) is 0 Å². The van der Waals surface area contributed by atoms with Crippen LogP contribution in [-0.2, 0) is 12.8 Å². The summed E-state index contributed by atoms with van der Waals surface area (Å²) in [5, 5.41) is 0. The van der Waals surface area contributed by atoms with Gasteiger partial charge in [0.2, 0.25) is 0 Å². The van der Waals surface area contributed by atoms with E-state index in [4.69, 9.17) is 0 Å². The first-order valence-electron chi connectivity index (χ1n) is 12.1. The third-order valence-corrected chi connectivity index (χ3v) is 6.87. The van der Waals surface area contributed by atoms with Crippen molar-refractivity contribution in [2.24, 2.45) is 11.8 Å². The SMILES string of the molecule is CCCCCc1ccc(-c2ccc(CCC3CCC(CCC)CC3)cc2)c(F)c1. The Hall–Kier alpha value is -1.63. The second kappa shape index (κ2) is 11.5. The summed E-state index contributed by atoms with van der Waals surface area (Å²) in [6.45, 7) is 4.51. The van der Waals surface area contributed by atoms with Crippen LogP contribution in [0.2, 0.25) is 0 Å². The Bertz CT molecular complexity index is 722. The van der Waals surface area contributed by atoms with Crippen LogP contribution in [0.4, 0.5) is 4.39 Å². The molecule has 0 aliphatic heterocycles. The molecule has 3 rings (SSSR count). The molecule has 1 aliphatic rings. The minimum Gasteiger partial charge on any atom is -0.206 e. The molecule has 0 heterocycles. The van der Waals surface area contributed by atoms with Crippen LogP contribution in [-0.4, -0.2) is 0 Å². The minimum atomic E-state index is -0.0874. The molecule has 0 bridgehead atoms. The number of halogens is 1. The van der Waals surface area contributed by atoms with Gasteiger partial charge in [0.05, 0.1) is 0 Å². The van der Waals surface area contributed by atoms with Crippen molar-refractivity contribution in [3.63, 3.8) is 0 Å². The fraction of sp³-hybridized carbons (Fsp3) is 0.571. The van der Waals surface area contributed by atoms with Crippen LogP contribution >= 0.6 is 0 Å². The highest BCUT2D eigenvalue weighted by molar-refractivity contribution is 5.64. The Labute approximate surface area is 177 Å². The van der Waals surface area contributed by atoms with Gasteiger partial charge in [-0.25, -0.2) is 4.39 Å². The molecular weight excluding hydrogens is 355 g/mol. The molecule has 1 heteroatoms. The van der Waals surface area contributed by atoms with E-state index in [2.05, 4.69) is 44.2 Å². The van der Waals surface area contributed by atoms with Gasteiger partial charge in [0.25, 0.3) is 0 Å². The van der Waals surface area contributed by atoms with E-state index in [0.29, 0.717) is 0 Å². The molecule has 0 spiro atoms. The number of aryl methyl sites for hydroxylation is 2. The number of benzene rings is 2. The molecule has 0 unspecified atom stereocenters. The van der Waals surface area contributed by atoms with E-state index in [-0.39, 0.29) is 5.82 Å². The molecule has 1 fully saturated rings. The van der Waals surface area contributed by atoms with E-state index in [1.807, 2.05) is 6.07 Å². The van der Waals surface area contributed by atoms with Gasteiger partial charge >= 0.3 is 0 Å². The van der Waals surface area contributed by atoms with Crippen molar-refractivity contribution in [3.05, 3.63) is 59.4 Å². The van der Waals surface area contributed by atoms with Crippen molar-refractivity contribution in [1.82, 2.24) is 0 Å². The summed E-state index contributed by atoms with van der Waals surface area (Å²) in [5.74, 6) is 1.81. The molecule has 2 aromatic rings. The maximum Gasteiger partial charge on any atom is 0.131 e. The maximum atomic E-state index is 14.6. The van der Waals surface area contributed by atoms with Crippen LogP contribution in [0, 0.1) is 17.7 Å². The van der Waals surface area contributed by atoms with Crippen LogP contribution in [0.25, 0.3) is 11.1 Å². The van der Waals surface area contributed by atoms with E-state index in [9.17, 15) is 4.39 Å². The topological polar surface area (TPSA) is 0 Å². The van der Waals surface area contributed by atoms with Gasteiger partial charge in [-0.05, 0) is 60.3 Å². The highest BCUT2D eigenvalue weighted by atomic mass is 19.1. The van der Waals surface area contributed by atoms with Crippen molar-refractivity contribution in [1.29, 1.82) is 0 Å². The largest absolute Gasteiger partial charge is 0.206 e. The lowest BCUT2D eigenvalue weighted by Crippen LogP contribution is -2.15. The highest BCUT2D eigenvalue weighted by Gasteiger charge is 2.20. The van der Waals surface area contributed by atoms with E-state index < -0.39 is 0 Å². The first-order valence-corrected chi connectivity index (χ1v) is 12.1. The Kier molecular flexibility index (Phi) is 8.77. The van der Waals surface area contributed by atoms with Crippen molar-refractivity contribution in [2.75, 3.05) is 0 Å². The Morgan fingerprint density at radius 3 is 2.00 bits per heavy atom. The van der Waals surface area contributed by atoms with E-state index in [0.717, 1.165) is 47.8 Å². The molecule has 0 saturated heterocycles. The lowest BCUT2D eigenvalue weighted by molar-refractivity contribution is 0.252. The molecule has 1 saturated carbocycles. The Morgan fingerprint density at radius 1 is 0.724 bits per heavy atom. The maximum absolute atomic E-state index is 14.6. The van der Waals surface area contributed by atoms with Crippen LogP contribution < -0.4 is 0 Å². The van der Waals surface area contributed by atoms with Gasteiger partial charge in [0, 0.05) is 5.56 Å². The second-order valence-corrected chi connectivity index (χ2v) is 9.18. The van der Waals surface area contributed by atoms with Gasteiger partial charge < -0.3 is 0 Å². The smallest absolute Gasteiger partial charge is 0.131 e. The molecule has 2 aromatic carbocycles. The minimum absolute atomic E-state index is 0.0874. The molecular formula is C28H39F. The lowest BCUT2D eigenvalue weighted by atomic mass is 9.78. The van der Waals surface area contributed by atoms with Crippen molar-refractivity contribution in [3.8, 4) is 11.1 Å². The summed E-state index contributed by atoms with van der Waals surface area (Å²) in [4.78, 5) is 0.